The fourth-order valence-corrected chi connectivity index (χ4v) is 3.31. The van der Waals surface area contributed by atoms with E-state index in [0.717, 1.165) is 12.3 Å². The van der Waals surface area contributed by atoms with Crippen LogP contribution in [0.25, 0.3) is 32.6 Å². The first-order valence-electron chi connectivity index (χ1n) is 7.31. The van der Waals surface area contributed by atoms with Gasteiger partial charge in [-0.3, -0.25) is 0 Å². The quantitative estimate of drug-likeness (QED) is 0.503. The third-order valence-electron chi connectivity index (χ3n) is 4.27. The Morgan fingerprint density at radius 3 is 2.57 bits per heavy atom. The molecule has 0 aliphatic rings. The summed E-state index contributed by atoms with van der Waals surface area (Å²) in [7, 11) is 1.72. The van der Waals surface area contributed by atoms with Gasteiger partial charge in [-0.2, -0.15) is 0 Å². The number of hydrogen-bond donors (Lipinski definition) is 0. The van der Waals surface area contributed by atoms with Crippen LogP contribution in [0.2, 0.25) is 0 Å². The standard InChI is InChI=1S/C19H17NO/c1-3-20-18-11-9-14(21-2)12-17(18)16-10-8-13-6-4-5-7-15(13)19(16)20/h4-12H,3H2,1-2H3. The van der Waals surface area contributed by atoms with Gasteiger partial charge in [-0.05, 0) is 30.5 Å². The zero-order valence-electron chi connectivity index (χ0n) is 12.3. The van der Waals surface area contributed by atoms with Crippen LogP contribution in [0.5, 0.6) is 5.75 Å². The van der Waals surface area contributed by atoms with Gasteiger partial charge in [0.25, 0.3) is 0 Å². The summed E-state index contributed by atoms with van der Waals surface area (Å²) in [6.07, 6.45) is 0. The predicted octanol–water partition coefficient (Wildman–Crippen LogP) is 4.98. The molecule has 2 nitrogen and oxygen atoms in total. The summed E-state index contributed by atoms with van der Waals surface area (Å²) in [4.78, 5) is 0. The first-order valence-corrected chi connectivity index (χ1v) is 7.31. The molecule has 21 heavy (non-hydrogen) atoms. The Morgan fingerprint density at radius 2 is 1.76 bits per heavy atom. The highest BCUT2D eigenvalue weighted by Gasteiger charge is 2.12. The summed E-state index contributed by atoms with van der Waals surface area (Å²) in [5, 5.41) is 5.16. The van der Waals surface area contributed by atoms with Gasteiger partial charge < -0.3 is 9.30 Å². The summed E-state index contributed by atoms with van der Waals surface area (Å²) >= 11 is 0. The molecule has 0 aliphatic heterocycles. The van der Waals surface area contributed by atoms with Gasteiger partial charge in [-0.15, -0.1) is 0 Å². The number of benzene rings is 3. The van der Waals surface area contributed by atoms with E-state index in [1.807, 2.05) is 6.07 Å². The Bertz CT molecular complexity index is 965. The Hall–Kier alpha value is -2.48. The molecule has 0 unspecified atom stereocenters. The van der Waals surface area contributed by atoms with Crippen LogP contribution >= 0.6 is 0 Å². The second-order valence-electron chi connectivity index (χ2n) is 5.31. The lowest BCUT2D eigenvalue weighted by Crippen LogP contribution is -1.93. The van der Waals surface area contributed by atoms with Crippen LogP contribution < -0.4 is 4.74 Å². The normalized spacial score (nSPS) is 11.5. The number of rotatable bonds is 2. The number of hydrogen-bond acceptors (Lipinski definition) is 1. The maximum absolute atomic E-state index is 5.39. The van der Waals surface area contributed by atoms with Crippen molar-refractivity contribution in [3.05, 3.63) is 54.6 Å². The molecule has 0 spiro atoms. The zero-order chi connectivity index (χ0) is 14.4. The fraction of sp³-hybridized carbons (Fsp3) is 0.158. The van der Waals surface area contributed by atoms with E-state index in [-0.39, 0.29) is 0 Å². The molecule has 0 saturated carbocycles. The maximum Gasteiger partial charge on any atom is 0.119 e. The number of fused-ring (bicyclic) bond motifs is 5. The average Bonchev–Trinajstić information content (AvgIpc) is 2.88. The molecule has 0 N–H and O–H groups in total. The van der Waals surface area contributed by atoms with Crippen molar-refractivity contribution < 1.29 is 4.74 Å². The van der Waals surface area contributed by atoms with Crippen LogP contribution in [0.4, 0.5) is 0 Å². The Balaban J connectivity index is 2.27. The lowest BCUT2D eigenvalue weighted by Gasteiger charge is -2.06. The first kappa shape index (κ1) is 12.3. The Morgan fingerprint density at radius 1 is 0.905 bits per heavy atom. The molecule has 0 aliphatic carbocycles. The van der Waals surface area contributed by atoms with Crippen LogP contribution in [0.1, 0.15) is 6.92 Å². The van der Waals surface area contributed by atoms with Gasteiger partial charge in [-0.25, -0.2) is 0 Å². The minimum Gasteiger partial charge on any atom is -0.497 e. The molecule has 4 aromatic rings. The largest absolute Gasteiger partial charge is 0.497 e. The monoisotopic (exact) mass is 275 g/mol. The molecule has 0 amide bonds. The molecule has 3 aromatic carbocycles. The molecule has 104 valence electrons. The molecule has 0 fully saturated rings. The number of aryl methyl sites for hydroxylation is 1. The van der Waals surface area contributed by atoms with E-state index >= 15 is 0 Å². The van der Waals surface area contributed by atoms with Gasteiger partial charge in [0.15, 0.2) is 0 Å². The summed E-state index contributed by atoms with van der Waals surface area (Å²) in [6, 6.07) is 19.4. The van der Waals surface area contributed by atoms with E-state index in [1.165, 1.54) is 32.6 Å². The fourth-order valence-electron chi connectivity index (χ4n) is 3.31. The van der Waals surface area contributed by atoms with E-state index in [4.69, 9.17) is 4.74 Å². The van der Waals surface area contributed by atoms with E-state index in [1.54, 1.807) is 7.11 Å². The topological polar surface area (TPSA) is 14.2 Å². The summed E-state index contributed by atoms with van der Waals surface area (Å²) in [5.74, 6) is 0.908. The number of ether oxygens (including phenoxy) is 1. The third-order valence-corrected chi connectivity index (χ3v) is 4.27. The van der Waals surface area contributed by atoms with E-state index < -0.39 is 0 Å². The number of aromatic nitrogens is 1. The van der Waals surface area contributed by atoms with Crippen molar-refractivity contribution in [2.75, 3.05) is 7.11 Å². The van der Waals surface area contributed by atoms with Gasteiger partial charge in [0.2, 0.25) is 0 Å². The minimum atomic E-state index is 0.908. The highest BCUT2D eigenvalue weighted by Crippen LogP contribution is 2.35. The molecule has 0 saturated heterocycles. The lowest BCUT2D eigenvalue weighted by atomic mass is 10.1. The van der Waals surface area contributed by atoms with Crippen molar-refractivity contribution in [3.8, 4) is 5.75 Å². The number of methoxy groups -OCH3 is 1. The van der Waals surface area contributed by atoms with Crippen molar-refractivity contribution >= 4 is 32.6 Å². The highest BCUT2D eigenvalue weighted by molar-refractivity contribution is 6.17. The molecule has 1 aromatic heterocycles. The van der Waals surface area contributed by atoms with E-state index in [0.29, 0.717) is 0 Å². The first-order chi connectivity index (χ1) is 10.3. The molecule has 0 atom stereocenters. The Kier molecular flexibility index (Phi) is 2.64. The summed E-state index contributed by atoms with van der Waals surface area (Å²) in [6.45, 7) is 3.16. The predicted molar refractivity (Wildman–Crippen MR) is 89.2 cm³/mol. The molecular formula is C19H17NO. The van der Waals surface area contributed by atoms with Crippen LogP contribution in [0.3, 0.4) is 0 Å². The number of nitrogens with zero attached hydrogens (tertiary/aromatic N) is 1. The molecule has 1 heterocycles. The second-order valence-corrected chi connectivity index (χ2v) is 5.31. The van der Waals surface area contributed by atoms with Crippen molar-refractivity contribution in [2.24, 2.45) is 0 Å². The van der Waals surface area contributed by atoms with Gasteiger partial charge in [0, 0.05) is 28.2 Å². The SMILES string of the molecule is CCn1c2ccc(OC)cc2c2ccc3ccccc3c21. The van der Waals surface area contributed by atoms with E-state index in [2.05, 4.69) is 60.0 Å². The average molecular weight is 275 g/mol. The maximum atomic E-state index is 5.39. The van der Waals surface area contributed by atoms with Crippen LogP contribution in [0, 0.1) is 0 Å². The molecule has 4 rings (SSSR count). The van der Waals surface area contributed by atoms with Gasteiger partial charge in [0.1, 0.15) is 5.75 Å². The van der Waals surface area contributed by atoms with Crippen molar-refractivity contribution in [1.82, 2.24) is 4.57 Å². The summed E-state index contributed by atoms with van der Waals surface area (Å²) in [5.41, 5.74) is 2.59. The third kappa shape index (κ3) is 1.65. The highest BCUT2D eigenvalue weighted by atomic mass is 16.5. The van der Waals surface area contributed by atoms with Gasteiger partial charge in [0.05, 0.1) is 12.6 Å². The van der Waals surface area contributed by atoms with Crippen molar-refractivity contribution in [1.29, 1.82) is 0 Å². The van der Waals surface area contributed by atoms with Crippen LogP contribution in [-0.4, -0.2) is 11.7 Å². The van der Waals surface area contributed by atoms with Crippen LogP contribution in [0.15, 0.2) is 54.6 Å². The Labute approximate surface area is 123 Å². The molecular weight excluding hydrogens is 258 g/mol. The summed E-state index contributed by atoms with van der Waals surface area (Å²) < 4.78 is 7.79. The van der Waals surface area contributed by atoms with Crippen molar-refractivity contribution in [2.45, 2.75) is 13.5 Å². The van der Waals surface area contributed by atoms with E-state index in [9.17, 15) is 0 Å². The zero-order valence-corrected chi connectivity index (χ0v) is 12.3. The van der Waals surface area contributed by atoms with Crippen molar-refractivity contribution in [3.63, 3.8) is 0 Å². The van der Waals surface area contributed by atoms with Crippen LogP contribution in [-0.2, 0) is 6.54 Å². The molecule has 2 heteroatoms. The lowest BCUT2D eigenvalue weighted by molar-refractivity contribution is 0.415. The van der Waals surface area contributed by atoms with Gasteiger partial charge in [-0.1, -0.05) is 36.4 Å². The smallest absolute Gasteiger partial charge is 0.119 e. The van der Waals surface area contributed by atoms with Gasteiger partial charge >= 0.3 is 0 Å². The molecule has 0 radical (unpaired) electrons. The molecule has 0 bridgehead atoms. The second kappa shape index (κ2) is 4.52. The minimum absolute atomic E-state index is 0.908.